The van der Waals surface area contributed by atoms with Gasteiger partial charge in [0.15, 0.2) is 6.54 Å². The summed E-state index contributed by atoms with van der Waals surface area (Å²) in [6, 6.07) is 5.36. The van der Waals surface area contributed by atoms with E-state index in [0.717, 1.165) is 10.5 Å². The van der Waals surface area contributed by atoms with E-state index in [4.69, 9.17) is 11.6 Å². The van der Waals surface area contributed by atoms with E-state index in [1.54, 1.807) is 12.1 Å². The minimum Gasteiger partial charge on any atom is -0.349 e. The highest BCUT2D eigenvalue weighted by atomic mass is 35.5. The Labute approximate surface area is 174 Å². The van der Waals surface area contributed by atoms with Gasteiger partial charge in [-0.25, -0.2) is 4.99 Å². The zero-order valence-corrected chi connectivity index (χ0v) is 18.0. The van der Waals surface area contributed by atoms with Gasteiger partial charge in [0.05, 0.1) is 7.05 Å². The third-order valence-electron chi connectivity index (χ3n) is 3.98. The summed E-state index contributed by atoms with van der Waals surface area (Å²) >= 11 is 7.36. The molecule has 1 aromatic rings. The lowest BCUT2D eigenvalue weighted by molar-refractivity contribution is -0.861. The Morgan fingerprint density at radius 3 is 2.68 bits per heavy atom. The van der Waals surface area contributed by atoms with Crippen molar-refractivity contribution in [1.29, 1.82) is 0 Å². The highest BCUT2D eigenvalue weighted by Crippen LogP contribution is 2.25. The number of aryl methyl sites for hydroxylation is 1. The summed E-state index contributed by atoms with van der Waals surface area (Å²) in [6.45, 7) is 6.46. The molecule has 3 N–H and O–H groups in total. The Balaban J connectivity index is 1.82. The molecular formula is C19H26ClN4O3S+. The first-order valence-electron chi connectivity index (χ1n) is 9.08. The maximum atomic E-state index is 12.3. The lowest BCUT2D eigenvalue weighted by atomic mass is 10.2. The fourth-order valence-electron chi connectivity index (χ4n) is 2.66. The standard InChI is InChI=1S/C19H25ClN4O3S/c1-11(2)21-17(26)9-24(4)10-18-23-19(27)15(28-18)8-16(25)22-13-6-5-12(3)14(20)7-13/h5-7,11,15H,8-10H2,1-4H3,(H,21,26)(H,22,25)/p+1/t15-/m1/s1. The van der Waals surface area contributed by atoms with Gasteiger partial charge in [-0.15, -0.1) is 0 Å². The summed E-state index contributed by atoms with van der Waals surface area (Å²) in [4.78, 5) is 41.2. The van der Waals surface area contributed by atoms with E-state index < -0.39 is 5.25 Å². The topological polar surface area (TPSA) is 92.1 Å². The predicted octanol–water partition coefficient (Wildman–Crippen LogP) is 1.06. The summed E-state index contributed by atoms with van der Waals surface area (Å²) in [5.74, 6) is -0.620. The number of nitrogens with one attached hydrogen (secondary N) is 3. The van der Waals surface area contributed by atoms with E-state index in [-0.39, 0.29) is 30.2 Å². The SMILES string of the molecule is Cc1ccc(NC(=O)C[C@H]2SC(C[NH+](C)CC(=O)NC(C)C)=NC2=O)cc1Cl. The van der Waals surface area contributed by atoms with Crippen LogP contribution in [0, 0.1) is 6.92 Å². The van der Waals surface area contributed by atoms with Crippen LogP contribution in [0.5, 0.6) is 0 Å². The van der Waals surface area contributed by atoms with E-state index in [2.05, 4.69) is 15.6 Å². The minimum absolute atomic E-state index is 0.0366. The van der Waals surface area contributed by atoms with Crippen LogP contribution in [-0.4, -0.2) is 54.2 Å². The molecule has 1 aromatic carbocycles. The first-order chi connectivity index (χ1) is 13.1. The molecule has 0 fully saturated rings. The molecular weight excluding hydrogens is 400 g/mol. The van der Waals surface area contributed by atoms with Gasteiger partial charge in [0.2, 0.25) is 5.91 Å². The molecule has 0 bridgehead atoms. The van der Waals surface area contributed by atoms with Crippen LogP contribution in [0.2, 0.25) is 5.02 Å². The maximum absolute atomic E-state index is 12.3. The summed E-state index contributed by atoms with van der Waals surface area (Å²) in [6.07, 6.45) is 0.0366. The highest BCUT2D eigenvalue weighted by molar-refractivity contribution is 8.15. The number of carbonyl (C=O) groups is 3. The molecule has 2 rings (SSSR count). The van der Waals surface area contributed by atoms with Gasteiger partial charge in [0.1, 0.15) is 16.8 Å². The molecule has 0 aromatic heterocycles. The molecule has 0 saturated carbocycles. The van der Waals surface area contributed by atoms with Crippen LogP contribution in [0.3, 0.4) is 0 Å². The zero-order valence-electron chi connectivity index (χ0n) is 16.5. The Morgan fingerprint density at radius 1 is 1.32 bits per heavy atom. The van der Waals surface area contributed by atoms with Crippen molar-refractivity contribution in [3.8, 4) is 0 Å². The number of benzene rings is 1. The molecule has 2 atom stereocenters. The minimum atomic E-state index is -0.534. The molecule has 0 saturated heterocycles. The van der Waals surface area contributed by atoms with Gasteiger partial charge in [0, 0.05) is 23.2 Å². The molecule has 7 nitrogen and oxygen atoms in total. The summed E-state index contributed by atoms with van der Waals surface area (Å²) in [5, 5.41) is 6.28. The van der Waals surface area contributed by atoms with Crippen LogP contribution in [-0.2, 0) is 14.4 Å². The fourth-order valence-corrected chi connectivity index (χ4v) is 4.03. The van der Waals surface area contributed by atoms with Gasteiger partial charge in [-0.1, -0.05) is 29.4 Å². The van der Waals surface area contributed by atoms with Crippen molar-refractivity contribution in [2.45, 2.75) is 38.5 Å². The summed E-state index contributed by atoms with van der Waals surface area (Å²) < 4.78 is 0. The van der Waals surface area contributed by atoms with Gasteiger partial charge >= 0.3 is 0 Å². The number of quaternary nitrogens is 1. The number of hydrogen-bond acceptors (Lipinski definition) is 4. The molecule has 0 spiro atoms. The molecule has 1 heterocycles. The normalized spacial score (nSPS) is 17.4. The fraction of sp³-hybridized carbons (Fsp3) is 0.474. The van der Waals surface area contributed by atoms with Crippen molar-refractivity contribution in [2.75, 3.05) is 25.5 Å². The number of anilines is 1. The van der Waals surface area contributed by atoms with E-state index >= 15 is 0 Å². The van der Waals surface area contributed by atoms with Crippen molar-refractivity contribution in [1.82, 2.24) is 5.32 Å². The third kappa shape index (κ3) is 6.92. The Morgan fingerprint density at radius 2 is 2.04 bits per heavy atom. The van der Waals surface area contributed by atoms with E-state index in [0.29, 0.717) is 28.8 Å². The number of aliphatic imine (C=N–C) groups is 1. The van der Waals surface area contributed by atoms with Crippen molar-refractivity contribution >= 4 is 51.8 Å². The van der Waals surface area contributed by atoms with Crippen molar-refractivity contribution in [3.63, 3.8) is 0 Å². The van der Waals surface area contributed by atoms with E-state index in [1.165, 1.54) is 11.8 Å². The van der Waals surface area contributed by atoms with Crippen LogP contribution in [0.15, 0.2) is 23.2 Å². The number of halogens is 1. The third-order valence-corrected chi connectivity index (χ3v) is 5.55. The maximum Gasteiger partial charge on any atom is 0.275 e. The summed E-state index contributed by atoms with van der Waals surface area (Å²) in [5.41, 5.74) is 1.52. The lowest BCUT2D eigenvalue weighted by Gasteiger charge is -2.15. The van der Waals surface area contributed by atoms with Gasteiger partial charge in [-0.2, -0.15) is 0 Å². The number of amides is 3. The monoisotopic (exact) mass is 425 g/mol. The average molecular weight is 426 g/mol. The van der Waals surface area contributed by atoms with E-state index in [1.807, 2.05) is 33.9 Å². The largest absolute Gasteiger partial charge is 0.349 e. The Bertz CT molecular complexity index is 797. The van der Waals surface area contributed by atoms with E-state index in [9.17, 15) is 14.4 Å². The van der Waals surface area contributed by atoms with Crippen LogP contribution in [0.1, 0.15) is 25.8 Å². The van der Waals surface area contributed by atoms with Crippen molar-refractivity contribution in [3.05, 3.63) is 28.8 Å². The molecule has 152 valence electrons. The Hall–Kier alpha value is -1.90. The quantitative estimate of drug-likeness (QED) is 0.580. The highest BCUT2D eigenvalue weighted by Gasteiger charge is 2.32. The number of hydrogen-bond donors (Lipinski definition) is 3. The first-order valence-corrected chi connectivity index (χ1v) is 10.3. The van der Waals surface area contributed by atoms with Gasteiger partial charge < -0.3 is 15.5 Å². The van der Waals surface area contributed by atoms with Crippen LogP contribution in [0.25, 0.3) is 0 Å². The van der Waals surface area contributed by atoms with Gasteiger partial charge in [-0.3, -0.25) is 14.4 Å². The number of nitrogens with zero attached hydrogens (tertiary/aromatic N) is 1. The smallest absolute Gasteiger partial charge is 0.275 e. The van der Waals surface area contributed by atoms with Gasteiger partial charge in [-0.05, 0) is 38.5 Å². The van der Waals surface area contributed by atoms with Crippen molar-refractivity contribution < 1.29 is 19.3 Å². The van der Waals surface area contributed by atoms with Crippen LogP contribution in [0.4, 0.5) is 5.69 Å². The number of thioether (sulfide) groups is 1. The van der Waals surface area contributed by atoms with Crippen LogP contribution >= 0.6 is 23.4 Å². The van der Waals surface area contributed by atoms with Crippen LogP contribution < -0.4 is 15.5 Å². The second kappa shape index (κ2) is 10.0. The average Bonchev–Trinajstić information content (AvgIpc) is 2.88. The lowest BCUT2D eigenvalue weighted by Crippen LogP contribution is -3.11. The molecule has 0 radical (unpaired) electrons. The summed E-state index contributed by atoms with van der Waals surface area (Å²) in [7, 11) is 1.87. The molecule has 1 aliphatic rings. The molecule has 28 heavy (non-hydrogen) atoms. The molecule has 0 aliphatic carbocycles. The Kier molecular flexibility index (Phi) is 8.03. The predicted molar refractivity (Wildman–Crippen MR) is 113 cm³/mol. The van der Waals surface area contributed by atoms with Crippen molar-refractivity contribution in [2.24, 2.45) is 4.99 Å². The first kappa shape index (κ1) is 22.4. The molecule has 3 amide bonds. The molecule has 1 aliphatic heterocycles. The zero-order chi connectivity index (χ0) is 20.8. The number of rotatable bonds is 8. The number of likely N-dealkylation sites (N-methyl/N-ethyl adjacent to an activating group) is 1. The molecule has 1 unspecified atom stereocenters. The van der Waals surface area contributed by atoms with Gasteiger partial charge in [0.25, 0.3) is 11.8 Å². The number of carbonyl (C=O) groups excluding carboxylic acids is 3. The molecule has 9 heteroatoms. The second-order valence-electron chi connectivity index (χ2n) is 7.20. The second-order valence-corrected chi connectivity index (χ2v) is 8.88.